The van der Waals surface area contributed by atoms with Crippen molar-refractivity contribution in [1.29, 1.82) is 0 Å². The van der Waals surface area contributed by atoms with E-state index in [0.717, 1.165) is 0 Å². The van der Waals surface area contributed by atoms with Crippen LogP contribution in [0.25, 0.3) is 0 Å². The Morgan fingerprint density at radius 2 is 2.27 bits per heavy atom. The fourth-order valence-electron chi connectivity index (χ4n) is 0.752. The molecule has 0 aromatic rings. The van der Waals surface area contributed by atoms with Crippen LogP contribution in [0.2, 0.25) is 0 Å². The number of aliphatic imine (C=N–C) groups is 2. The van der Waals surface area contributed by atoms with Crippen molar-refractivity contribution >= 4 is 23.6 Å². The largest absolute Gasteiger partial charge is 0.365 e. The van der Waals surface area contributed by atoms with Gasteiger partial charge in [0.2, 0.25) is 5.62 Å². The Morgan fingerprint density at radius 1 is 1.60 bits per heavy atom. The molecule has 1 aliphatic rings. The summed E-state index contributed by atoms with van der Waals surface area (Å²) in [5.74, 6) is -0.467. The summed E-state index contributed by atoms with van der Waals surface area (Å²) in [5, 5.41) is 0.374. The van der Waals surface area contributed by atoms with Gasteiger partial charge >= 0.3 is 12.7 Å². The zero-order valence-corrected chi connectivity index (χ0v) is 8.08. The van der Waals surface area contributed by atoms with Crippen LogP contribution < -0.4 is 5.48 Å². The first-order chi connectivity index (χ1) is 7.04. The summed E-state index contributed by atoms with van der Waals surface area (Å²) in [4.78, 5) is 14.5. The standard InChI is InChI=1S/C5H6ClF3N4O2/c1-14-12-5-11-4(9)10-2(6)13(5)15-3(7)8/h2-3H,1H3,(H,10,11,12). The average Bonchev–Trinajstić information content (AvgIpc) is 2.11. The number of rotatable bonds is 3. The van der Waals surface area contributed by atoms with Gasteiger partial charge in [0.1, 0.15) is 0 Å². The van der Waals surface area contributed by atoms with Crippen molar-refractivity contribution in [2.75, 3.05) is 7.11 Å². The average molecular weight is 247 g/mol. The van der Waals surface area contributed by atoms with Gasteiger partial charge in [-0.2, -0.15) is 33.1 Å². The minimum Gasteiger partial charge on any atom is -0.277 e. The van der Waals surface area contributed by atoms with Crippen LogP contribution in [-0.2, 0) is 9.68 Å². The van der Waals surface area contributed by atoms with E-state index in [-0.39, 0.29) is 0 Å². The SMILES string of the molecule is CONC1=NC(F)=NC(Cl)N1OC(F)F. The van der Waals surface area contributed by atoms with Crippen molar-refractivity contribution in [3.8, 4) is 0 Å². The summed E-state index contributed by atoms with van der Waals surface area (Å²) in [7, 11) is 1.18. The summed E-state index contributed by atoms with van der Waals surface area (Å²) < 4.78 is 36.5. The van der Waals surface area contributed by atoms with E-state index >= 15 is 0 Å². The first-order valence-corrected chi connectivity index (χ1v) is 3.97. The second-order valence-corrected chi connectivity index (χ2v) is 2.53. The molecule has 1 heterocycles. The molecular weight excluding hydrogens is 241 g/mol. The molecule has 0 spiro atoms. The van der Waals surface area contributed by atoms with E-state index in [9.17, 15) is 13.2 Å². The van der Waals surface area contributed by atoms with Gasteiger partial charge in [-0.15, -0.1) is 0 Å². The lowest BCUT2D eigenvalue weighted by atomic mass is 10.8. The van der Waals surface area contributed by atoms with E-state index in [1.807, 2.05) is 5.48 Å². The van der Waals surface area contributed by atoms with Crippen molar-refractivity contribution in [3.05, 3.63) is 0 Å². The number of hydroxylamine groups is 3. The first kappa shape index (κ1) is 12.0. The highest BCUT2D eigenvalue weighted by Gasteiger charge is 2.29. The summed E-state index contributed by atoms with van der Waals surface area (Å²) in [6.45, 7) is -3.15. The molecule has 0 aliphatic carbocycles. The number of halogens is 4. The number of amidine groups is 1. The minimum atomic E-state index is -3.15. The molecule has 15 heavy (non-hydrogen) atoms. The monoisotopic (exact) mass is 246 g/mol. The summed E-state index contributed by atoms with van der Waals surface area (Å²) in [6.07, 6.45) is -1.18. The highest BCUT2D eigenvalue weighted by molar-refractivity contribution is 6.22. The molecule has 86 valence electrons. The molecule has 0 amide bonds. The Bertz CT molecular complexity index is 287. The van der Waals surface area contributed by atoms with Gasteiger partial charge in [-0.05, 0) is 0 Å². The van der Waals surface area contributed by atoms with Gasteiger partial charge in [0, 0.05) is 0 Å². The van der Waals surface area contributed by atoms with E-state index in [4.69, 9.17) is 11.6 Å². The Morgan fingerprint density at radius 3 is 2.80 bits per heavy atom. The summed E-state index contributed by atoms with van der Waals surface area (Å²) in [5.41, 5.74) is 0.522. The molecule has 0 radical (unpaired) electrons. The van der Waals surface area contributed by atoms with Gasteiger partial charge in [-0.3, -0.25) is 4.84 Å². The quantitative estimate of drug-likeness (QED) is 0.455. The lowest BCUT2D eigenvalue weighted by Gasteiger charge is -2.27. The molecule has 0 saturated carbocycles. The van der Waals surface area contributed by atoms with E-state index in [1.54, 1.807) is 0 Å². The zero-order chi connectivity index (χ0) is 11.4. The molecular formula is C5H6ClF3N4O2. The fraction of sp³-hybridized carbons (Fsp3) is 0.600. The molecule has 1 N–H and O–H groups in total. The van der Waals surface area contributed by atoms with Crippen molar-refractivity contribution < 1.29 is 22.8 Å². The van der Waals surface area contributed by atoms with Crippen LogP contribution in [0.15, 0.2) is 9.98 Å². The van der Waals surface area contributed by atoms with Crippen molar-refractivity contribution in [2.45, 2.75) is 12.2 Å². The van der Waals surface area contributed by atoms with E-state index in [2.05, 4.69) is 19.7 Å². The molecule has 1 rings (SSSR count). The number of guanidine groups is 1. The maximum atomic E-state index is 12.6. The van der Waals surface area contributed by atoms with Gasteiger partial charge in [0.05, 0.1) is 7.11 Å². The third-order valence-electron chi connectivity index (χ3n) is 1.20. The lowest BCUT2D eigenvalue weighted by molar-refractivity contribution is -0.257. The highest BCUT2D eigenvalue weighted by Crippen LogP contribution is 2.16. The Labute approximate surface area is 87.2 Å². The number of hydrogen-bond donors (Lipinski definition) is 1. The van der Waals surface area contributed by atoms with Crippen LogP contribution in [0.3, 0.4) is 0 Å². The molecule has 0 bridgehead atoms. The predicted octanol–water partition coefficient (Wildman–Crippen LogP) is 0.811. The van der Waals surface area contributed by atoms with Crippen LogP contribution in [0.4, 0.5) is 13.2 Å². The first-order valence-electron chi connectivity index (χ1n) is 3.54. The van der Waals surface area contributed by atoms with Crippen LogP contribution in [0, 0.1) is 0 Å². The van der Waals surface area contributed by atoms with Gasteiger partial charge < -0.3 is 0 Å². The van der Waals surface area contributed by atoms with Gasteiger partial charge in [0.15, 0.2) is 0 Å². The van der Waals surface area contributed by atoms with Crippen molar-refractivity contribution in [2.24, 2.45) is 9.98 Å². The van der Waals surface area contributed by atoms with Gasteiger partial charge in [-0.1, -0.05) is 11.6 Å². The van der Waals surface area contributed by atoms with Crippen molar-refractivity contribution in [3.63, 3.8) is 0 Å². The van der Waals surface area contributed by atoms with Crippen molar-refractivity contribution in [1.82, 2.24) is 10.5 Å². The topological polar surface area (TPSA) is 58.5 Å². The van der Waals surface area contributed by atoms with Crippen LogP contribution in [0.1, 0.15) is 0 Å². The molecule has 1 unspecified atom stereocenters. The molecule has 0 aromatic carbocycles. The van der Waals surface area contributed by atoms with Crippen LogP contribution in [0.5, 0.6) is 0 Å². The molecule has 0 saturated heterocycles. The lowest BCUT2D eigenvalue weighted by Crippen LogP contribution is -2.47. The normalized spacial score (nSPS) is 21.5. The molecule has 6 nitrogen and oxygen atoms in total. The van der Waals surface area contributed by atoms with Gasteiger partial charge in [-0.25, -0.2) is 5.48 Å². The second-order valence-electron chi connectivity index (χ2n) is 2.14. The highest BCUT2D eigenvalue weighted by atomic mass is 35.5. The number of hydrogen-bond acceptors (Lipinski definition) is 6. The van der Waals surface area contributed by atoms with Gasteiger partial charge in [0.25, 0.3) is 5.96 Å². The fourth-order valence-corrected chi connectivity index (χ4v) is 0.971. The predicted molar refractivity (Wildman–Crippen MR) is 44.7 cm³/mol. The maximum absolute atomic E-state index is 12.6. The molecule has 1 atom stereocenters. The summed E-state index contributed by atoms with van der Waals surface area (Å²) in [6, 6.07) is 0. The molecule has 10 heteroatoms. The Kier molecular flexibility index (Phi) is 4.12. The second kappa shape index (κ2) is 5.14. The number of nitrogens with zero attached hydrogens (tertiary/aromatic N) is 3. The molecule has 0 fully saturated rings. The summed E-state index contributed by atoms with van der Waals surface area (Å²) >= 11 is 5.42. The third kappa shape index (κ3) is 3.22. The number of nitrogens with one attached hydrogen (secondary N) is 1. The molecule has 0 aromatic heterocycles. The third-order valence-corrected chi connectivity index (χ3v) is 1.47. The van der Waals surface area contributed by atoms with E-state index in [1.165, 1.54) is 7.11 Å². The number of alkyl halides is 3. The van der Waals surface area contributed by atoms with Crippen LogP contribution >= 0.6 is 11.6 Å². The maximum Gasteiger partial charge on any atom is 0.365 e. The van der Waals surface area contributed by atoms with E-state index in [0.29, 0.717) is 5.06 Å². The smallest absolute Gasteiger partial charge is 0.277 e. The Hall–Kier alpha value is -1.06. The van der Waals surface area contributed by atoms with Crippen LogP contribution in [-0.4, -0.2) is 36.5 Å². The molecule has 1 aliphatic heterocycles. The minimum absolute atomic E-state index is 0.374. The van der Waals surface area contributed by atoms with E-state index < -0.39 is 24.3 Å². The Balaban J connectivity index is 2.79. The zero-order valence-electron chi connectivity index (χ0n) is 7.32.